The third-order valence-corrected chi connectivity index (χ3v) is 3.05. The number of aryl methyl sites for hydroxylation is 1. The molecule has 0 aliphatic rings. The summed E-state index contributed by atoms with van der Waals surface area (Å²) in [7, 11) is 1.69. The number of hydrogen-bond donors (Lipinski definition) is 1. The number of ether oxygens (including phenoxy) is 1. The van der Waals surface area contributed by atoms with Gasteiger partial charge in [-0.1, -0.05) is 30.3 Å². The van der Waals surface area contributed by atoms with Crippen LogP contribution in [-0.4, -0.2) is 16.7 Å². The van der Waals surface area contributed by atoms with Crippen LogP contribution in [0.3, 0.4) is 0 Å². The van der Waals surface area contributed by atoms with Gasteiger partial charge in [-0.05, 0) is 12.5 Å². The Hall–Kier alpha value is -2.07. The average molecular weight is 257 g/mol. The van der Waals surface area contributed by atoms with E-state index in [-0.39, 0.29) is 0 Å². The van der Waals surface area contributed by atoms with E-state index < -0.39 is 0 Å². The van der Waals surface area contributed by atoms with Gasteiger partial charge < -0.3 is 15.0 Å². The fraction of sp³-hybridized carbons (Fsp3) is 0.267. The number of nitrogens with two attached hydrogens (primary N) is 1. The summed E-state index contributed by atoms with van der Waals surface area (Å²) in [6, 6.07) is 8.09. The number of benzene rings is 1. The van der Waals surface area contributed by atoms with Gasteiger partial charge in [0.05, 0.1) is 6.61 Å². The molecule has 4 heteroatoms. The van der Waals surface area contributed by atoms with E-state index in [1.807, 2.05) is 41.8 Å². The van der Waals surface area contributed by atoms with Crippen molar-refractivity contribution in [2.75, 3.05) is 12.8 Å². The monoisotopic (exact) mass is 257 g/mol. The predicted molar refractivity (Wildman–Crippen MR) is 77.7 cm³/mol. The van der Waals surface area contributed by atoms with Gasteiger partial charge in [-0.25, -0.2) is 4.98 Å². The quantitative estimate of drug-likeness (QED) is 0.838. The van der Waals surface area contributed by atoms with Crippen LogP contribution < -0.4 is 5.73 Å². The first kappa shape index (κ1) is 13.4. The van der Waals surface area contributed by atoms with Crippen molar-refractivity contribution in [1.82, 2.24) is 9.55 Å². The predicted octanol–water partition coefficient (Wildman–Crippen LogP) is 2.77. The molecular formula is C15H19N3O. The Bertz CT molecular complexity index is 570. The molecular weight excluding hydrogens is 238 g/mol. The molecule has 0 amide bonds. The minimum Gasteiger partial charge on any atom is -0.383 e. The topological polar surface area (TPSA) is 53.1 Å². The van der Waals surface area contributed by atoms with Crippen LogP contribution in [0, 0.1) is 6.92 Å². The number of methoxy groups -OCH3 is 1. The molecule has 1 aromatic carbocycles. The lowest BCUT2D eigenvalue weighted by molar-refractivity contribution is 0.185. The highest BCUT2D eigenvalue weighted by atomic mass is 16.5. The molecule has 0 radical (unpaired) electrons. The molecule has 4 nitrogen and oxygen atoms in total. The summed E-state index contributed by atoms with van der Waals surface area (Å²) in [5, 5.41) is 0. The van der Waals surface area contributed by atoms with Crippen molar-refractivity contribution >= 4 is 5.82 Å². The summed E-state index contributed by atoms with van der Waals surface area (Å²) < 4.78 is 7.05. The van der Waals surface area contributed by atoms with Gasteiger partial charge in [0, 0.05) is 19.2 Å². The zero-order chi connectivity index (χ0) is 13.8. The van der Waals surface area contributed by atoms with Gasteiger partial charge in [-0.3, -0.25) is 0 Å². The normalized spacial score (nSPS) is 10.6. The second kappa shape index (κ2) is 5.71. The largest absolute Gasteiger partial charge is 0.383 e. The van der Waals surface area contributed by atoms with E-state index in [1.165, 1.54) is 0 Å². The minimum atomic E-state index is 0.611. The first-order valence-electron chi connectivity index (χ1n) is 6.19. The Morgan fingerprint density at radius 2 is 2.05 bits per heavy atom. The van der Waals surface area contributed by atoms with Gasteiger partial charge in [0.25, 0.3) is 0 Å². The molecule has 1 heterocycles. The van der Waals surface area contributed by atoms with E-state index in [0.717, 1.165) is 22.6 Å². The second-order valence-corrected chi connectivity index (χ2v) is 4.42. The van der Waals surface area contributed by atoms with Crippen molar-refractivity contribution in [3.05, 3.63) is 48.3 Å². The molecule has 0 atom stereocenters. The van der Waals surface area contributed by atoms with Crippen molar-refractivity contribution in [2.45, 2.75) is 20.1 Å². The summed E-state index contributed by atoms with van der Waals surface area (Å²) in [6.07, 6.45) is 1.82. The molecule has 100 valence electrons. The molecule has 0 spiro atoms. The molecule has 0 saturated carbocycles. The number of hydrogen-bond acceptors (Lipinski definition) is 3. The van der Waals surface area contributed by atoms with Crippen molar-refractivity contribution in [3.8, 4) is 11.3 Å². The Kier molecular flexibility index (Phi) is 4.02. The Morgan fingerprint density at radius 3 is 2.63 bits per heavy atom. The zero-order valence-corrected chi connectivity index (χ0v) is 11.4. The number of anilines is 1. The molecule has 2 rings (SSSR count). The van der Waals surface area contributed by atoms with Crippen LogP contribution in [0.25, 0.3) is 11.3 Å². The van der Waals surface area contributed by atoms with Gasteiger partial charge in [0.2, 0.25) is 0 Å². The SMILES string of the molecule is C=CCn1c(C)nc(-c2ccc(COC)cc2)c1N. The molecule has 0 bridgehead atoms. The first-order valence-corrected chi connectivity index (χ1v) is 6.19. The van der Waals surface area contributed by atoms with Crippen LogP contribution in [-0.2, 0) is 17.9 Å². The third kappa shape index (κ3) is 2.69. The summed E-state index contributed by atoms with van der Waals surface area (Å²) in [5.41, 5.74) is 9.12. The summed E-state index contributed by atoms with van der Waals surface area (Å²) in [6.45, 7) is 6.97. The van der Waals surface area contributed by atoms with Crippen LogP contribution in [0.5, 0.6) is 0 Å². The smallest absolute Gasteiger partial charge is 0.132 e. The van der Waals surface area contributed by atoms with E-state index in [9.17, 15) is 0 Å². The van der Waals surface area contributed by atoms with Crippen LogP contribution in [0.1, 0.15) is 11.4 Å². The number of imidazole rings is 1. The number of aromatic nitrogens is 2. The highest BCUT2D eigenvalue weighted by molar-refractivity contribution is 5.71. The molecule has 2 aromatic rings. The van der Waals surface area contributed by atoms with Crippen LogP contribution in [0.4, 0.5) is 5.82 Å². The van der Waals surface area contributed by atoms with Crippen LogP contribution >= 0.6 is 0 Å². The third-order valence-electron chi connectivity index (χ3n) is 3.05. The lowest BCUT2D eigenvalue weighted by atomic mass is 10.1. The number of nitrogen functional groups attached to an aromatic ring is 1. The van der Waals surface area contributed by atoms with Crippen LogP contribution in [0.15, 0.2) is 36.9 Å². The van der Waals surface area contributed by atoms with E-state index >= 15 is 0 Å². The van der Waals surface area contributed by atoms with Crippen LogP contribution in [0.2, 0.25) is 0 Å². The van der Waals surface area contributed by atoms with Crippen molar-refractivity contribution < 1.29 is 4.74 Å². The molecule has 0 fully saturated rings. The highest BCUT2D eigenvalue weighted by Crippen LogP contribution is 2.26. The van der Waals surface area contributed by atoms with Crippen molar-refractivity contribution in [3.63, 3.8) is 0 Å². The molecule has 0 unspecified atom stereocenters. The summed E-state index contributed by atoms with van der Waals surface area (Å²) >= 11 is 0. The number of nitrogens with zero attached hydrogens (tertiary/aromatic N) is 2. The Morgan fingerprint density at radius 1 is 1.37 bits per heavy atom. The Balaban J connectivity index is 2.36. The number of allylic oxidation sites excluding steroid dienone is 1. The van der Waals surface area contributed by atoms with Gasteiger partial charge in [-0.2, -0.15) is 0 Å². The maximum atomic E-state index is 6.15. The van der Waals surface area contributed by atoms with E-state index in [4.69, 9.17) is 10.5 Å². The first-order chi connectivity index (χ1) is 9.17. The van der Waals surface area contributed by atoms with E-state index in [1.54, 1.807) is 7.11 Å². The zero-order valence-electron chi connectivity index (χ0n) is 11.4. The molecule has 2 N–H and O–H groups in total. The second-order valence-electron chi connectivity index (χ2n) is 4.42. The lowest BCUT2D eigenvalue weighted by Crippen LogP contribution is -2.03. The summed E-state index contributed by atoms with van der Waals surface area (Å²) in [5.74, 6) is 1.57. The maximum absolute atomic E-state index is 6.15. The molecule has 0 aliphatic carbocycles. The average Bonchev–Trinajstić information content (AvgIpc) is 2.69. The van der Waals surface area contributed by atoms with E-state index in [2.05, 4.69) is 11.6 Å². The van der Waals surface area contributed by atoms with Crippen molar-refractivity contribution in [1.29, 1.82) is 0 Å². The minimum absolute atomic E-state index is 0.611. The molecule has 19 heavy (non-hydrogen) atoms. The summed E-state index contributed by atoms with van der Waals surface area (Å²) in [4.78, 5) is 4.53. The Labute approximate surface area is 113 Å². The fourth-order valence-corrected chi connectivity index (χ4v) is 2.08. The van der Waals surface area contributed by atoms with Gasteiger partial charge >= 0.3 is 0 Å². The number of rotatable bonds is 5. The molecule has 0 aliphatic heterocycles. The van der Waals surface area contributed by atoms with E-state index in [0.29, 0.717) is 19.0 Å². The lowest BCUT2D eigenvalue weighted by Gasteiger charge is -2.05. The van der Waals surface area contributed by atoms with Gasteiger partial charge in [0.1, 0.15) is 17.3 Å². The maximum Gasteiger partial charge on any atom is 0.132 e. The van der Waals surface area contributed by atoms with Gasteiger partial charge in [0.15, 0.2) is 0 Å². The molecule has 1 aromatic heterocycles. The highest BCUT2D eigenvalue weighted by Gasteiger charge is 2.12. The van der Waals surface area contributed by atoms with Gasteiger partial charge in [-0.15, -0.1) is 6.58 Å². The molecule has 0 saturated heterocycles. The fourth-order valence-electron chi connectivity index (χ4n) is 2.08. The standard InChI is InChI=1S/C15H19N3O/c1-4-9-18-11(2)17-14(15(18)16)13-7-5-12(6-8-13)10-19-3/h4-8H,1,9-10,16H2,2-3H3. The van der Waals surface area contributed by atoms with Crippen molar-refractivity contribution in [2.24, 2.45) is 0 Å².